The second-order valence-electron chi connectivity index (χ2n) is 8.02. The zero-order valence-corrected chi connectivity index (χ0v) is 19.1. The van der Waals surface area contributed by atoms with Gasteiger partial charge in [0.2, 0.25) is 0 Å². The molecular formula is C29H26N2O3. The highest BCUT2D eigenvalue weighted by Crippen LogP contribution is 2.25. The van der Waals surface area contributed by atoms with E-state index in [1.54, 1.807) is 24.3 Å². The third-order valence-corrected chi connectivity index (χ3v) is 5.62. The van der Waals surface area contributed by atoms with Crippen molar-refractivity contribution >= 4 is 17.9 Å². The molecule has 0 saturated carbocycles. The van der Waals surface area contributed by atoms with Gasteiger partial charge in [-0.15, -0.1) is 0 Å². The lowest BCUT2D eigenvalue weighted by molar-refractivity contribution is -0.118. The van der Waals surface area contributed by atoms with Crippen molar-refractivity contribution in [3.63, 3.8) is 0 Å². The van der Waals surface area contributed by atoms with Crippen LogP contribution in [0.4, 0.5) is 0 Å². The Kier molecular flexibility index (Phi) is 7.04. The lowest BCUT2D eigenvalue weighted by Gasteiger charge is -2.22. The van der Waals surface area contributed by atoms with Crippen LogP contribution in [0.5, 0.6) is 0 Å². The molecule has 1 aromatic heterocycles. The van der Waals surface area contributed by atoms with Crippen LogP contribution in [0.15, 0.2) is 107 Å². The number of nitrogens with one attached hydrogen (secondary N) is 2. The predicted molar refractivity (Wildman–Crippen MR) is 133 cm³/mol. The third-order valence-electron chi connectivity index (χ3n) is 5.62. The molecule has 5 heteroatoms. The summed E-state index contributed by atoms with van der Waals surface area (Å²) in [5, 5.41) is 5.90. The Morgan fingerprint density at radius 1 is 0.794 bits per heavy atom. The first-order chi connectivity index (χ1) is 16.5. The minimum atomic E-state index is -0.421. The zero-order valence-electron chi connectivity index (χ0n) is 19.1. The molecule has 0 aliphatic carbocycles. The fourth-order valence-electron chi connectivity index (χ4n) is 3.80. The Bertz CT molecular complexity index is 1310. The average molecular weight is 451 g/mol. The zero-order chi connectivity index (χ0) is 23.9. The van der Waals surface area contributed by atoms with Gasteiger partial charge in [0.15, 0.2) is 0 Å². The van der Waals surface area contributed by atoms with Crippen molar-refractivity contribution in [1.82, 2.24) is 10.6 Å². The molecule has 3 aromatic carbocycles. The molecule has 0 bridgehead atoms. The van der Waals surface area contributed by atoms with Gasteiger partial charge in [-0.25, -0.2) is 0 Å². The van der Waals surface area contributed by atoms with Crippen LogP contribution < -0.4 is 10.6 Å². The second-order valence-corrected chi connectivity index (χ2v) is 8.02. The molecule has 0 unspecified atom stereocenters. The van der Waals surface area contributed by atoms with Crippen molar-refractivity contribution in [2.75, 3.05) is 0 Å². The fraction of sp³-hybridized carbons (Fsp3) is 0.103. The molecule has 0 saturated heterocycles. The van der Waals surface area contributed by atoms with Gasteiger partial charge in [-0.05, 0) is 54.3 Å². The number of amides is 2. The van der Waals surface area contributed by atoms with Crippen molar-refractivity contribution in [2.45, 2.75) is 19.9 Å². The van der Waals surface area contributed by atoms with Gasteiger partial charge in [0.25, 0.3) is 11.8 Å². The summed E-state index contributed by atoms with van der Waals surface area (Å²) in [6.45, 7) is 3.87. The Morgan fingerprint density at radius 3 is 2.15 bits per heavy atom. The number of carbonyl (C=O) groups excluding carboxylic acids is 2. The van der Waals surface area contributed by atoms with Crippen LogP contribution in [0.25, 0.3) is 6.08 Å². The van der Waals surface area contributed by atoms with Gasteiger partial charge in [-0.1, -0.05) is 72.8 Å². The molecule has 4 rings (SSSR count). The number of benzene rings is 3. The van der Waals surface area contributed by atoms with Crippen molar-refractivity contribution in [3.8, 4) is 0 Å². The van der Waals surface area contributed by atoms with E-state index in [4.69, 9.17) is 4.42 Å². The number of carbonyl (C=O) groups is 2. The van der Waals surface area contributed by atoms with Gasteiger partial charge in [-0.2, -0.15) is 0 Å². The molecule has 2 amide bonds. The number of hydrogen-bond acceptors (Lipinski definition) is 3. The number of hydrogen-bond donors (Lipinski definition) is 2. The van der Waals surface area contributed by atoms with Crippen LogP contribution in [0, 0.1) is 13.8 Å². The summed E-state index contributed by atoms with van der Waals surface area (Å²) in [5.41, 5.74) is 4.38. The Morgan fingerprint density at radius 2 is 1.47 bits per heavy atom. The predicted octanol–water partition coefficient (Wildman–Crippen LogP) is 5.57. The third kappa shape index (κ3) is 5.33. The van der Waals surface area contributed by atoms with E-state index >= 15 is 0 Å². The van der Waals surface area contributed by atoms with E-state index in [2.05, 4.69) is 10.6 Å². The van der Waals surface area contributed by atoms with E-state index in [0.29, 0.717) is 11.3 Å². The maximum absolute atomic E-state index is 13.6. The van der Waals surface area contributed by atoms with Crippen molar-refractivity contribution in [3.05, 3.63) is 137 Å². The second kappa shape index (κ2) is 10.5. The van der Waals surface area contributed by atoms with Crippen LogP contribution in [0.1, 0.15) is 44.4 Å². The molecule has 0 fully saturated rings. The first-order valence-corrected chi connectivity index (χ1v) is 11.1. The van der Waals surface area contributed by atoms with Gasteiger partial charge < -0.3 is 15.1 Å². The highest BCUT2D eigenvalue weighted by molar-refractivity contribution is 6.05. The molecule has 34 heavy (non-hydrogen) atoms. The summed E-state index contributed by atoms with van der Waals surface area (Å²) in [6, 6.07) is 28.0. The monoisotopic (exact) mass is 450 g/mol. The minimum Gasteiger partial charge on any atom is -0.465 e. The van der Waals surface area contributed by atoms with E-state index in [1.165, 1.54) is 12.3 Å². The first-order valence-electron chi connectivity index (χ1n) is 11.1. The van der Waals surface area contributed by atoms with Crippen LogP contribution >= 0.6 is 0 Å². The summed E-state index contributed by atoms with van der Waals surface area (Å²) in [5.74, 6) is -0.323. The lowest BCUT2D eigenvalue weighted by atomic mass is 9.95. The number of aryl methyl sites for hydroxylation is 2. The van der Waals surface area contributed by atoms with Gasteiger partial charge >= 0.3 is 0 Å². The Balaban J connectivity index is 1.68. The summed E-state index contributed by atoms with van der Waals surface area (Å²) in [6.07, 6.45) is 3.05. The quantitative estimate of drug-likeness (QED) is 0.362. The summed E-state index contributed by atoms with van der Waals surface area (Å²) in [4.78, 5) is 26.6. The maximum atomic E-state index is 13.6. The van der Waals surface area contributed by atoms with Gasteiger partial charge in [0.05, 0.1) is 12.3 Å². The summed E-state index contributed by atoms with van der Waals surface area (Å²) in [7, 11) is 0. The molecule has 1 heterocycles. The molecule has 1 atom stereocenters. The van der Waals surface area contributed by atoms with E-state index in [9.17, 15) is 9.59 Å². The topological polar surface area (TPSA) is 71.3 Å². The van der Waals surface area contributed by atoms with Crippen LogP contribution in [0.2, 0.25) is 0 Å². The standard InChI is InChI=1S/C29H26N2O3/c1-20-11-6-8-16-24(20)27(22-13-4-3-5-14-22)31-29(33)26(19-23-15-10-18-34-23)30-28(32)25-17-9-7-12-21(25)2/h3-19,27H,1-2H3,(H,30,32)(H,31,33)/b26-19-/t27-/m1/s1. The van der Waals surface area contributed by atoms with Gasteiger partial charge in [0.1, 0.15) is 11.5 Å². The molecule has 0 spiro atoms. The Labute approximate surface area is 199 Å². The minimum absolute atomic E-state index is 0.0951. The molecule has 170 valence electrons. The Hall–Kier alpha value is -4.38. The fourth-order valence-corrected chi connectivity index (χ4v) is 3.80. The molecule has 4 aromatic rings. The lowest BCUT2D eigenvalue weighted by Crippen LogP contribution is -2.37. The molecule has 0 radical (unpaired) electrons. The van der Waals surface area contributed by atoms with Crippen LogP contribution in [0.3, 0.4) is 0 Å². The van der Waals surface area contributed by atoms with Crippen molar-refractivity contribution in [1.29, 1.82) is 0 Å². The van der Waals surface area contributed by atoms with Crippen molar-refractivity contribution in [2.24, 2.45) is 0 Å². The highest BCUT2D eigenvalue weighted by atomic mass is 16.3. The number of furan rings is 1. The van der Waals surface area contributed by atoms with Gasteiger partial charge in [-0.3, -0.25) is 9.59 Å². The van der Waals surface area contributed by atoms with E-state index < -0.39 is 11.9 Å². The normalized spacial score (nSPS) is 12.1. The molecule has 0 aliphatic heterocycles. The smallest absolute Gasteiger partial charge is 0.268 e. The SMILES string of the molecule is Cc1ccccc1C(=O)N/C(=C\c1ccco1)C(=O)N[C@H](c1ccccc1)c1ccccc1C. The molecule has 2 N–H and O–H groups in total. The summed E-state index contributed by atoms with van der Waals surface area (Å²) >= 11 is 0. The molecule has 5 nitrogen and oxygen atoms in total. The molecule has 0 aliphatic rings. The summed E-state index contributed by atoms with van der Waals surface area (Å²) < 4.78 is 5.41. The maximum Gasteiger partial charge on any atom is 0.268 e. The molecular weight excluding hydrogens is 424 g/mol. The van der Waals surface area contributed by atoms with Crippen LogP contribution in [-0.4, -0.2) is 11.8 Å². The number of rotatable bonds is 7. The highest BCUT2D eigenvalue weighted by Gasteiger charge is 2.22. The van der Waals surface area contributed by atoms with E-state index in [-0.39, 0.29) is 11.6 Å². The average Bonchev–Trinajstić information content (AvgIpc) is 3.36. The van der Waals surface area contributed by atoms with Gasteiger partial charge in [0, 0.05) is 11.6 Å². The van der Waals surface area contributed by atoms with Crippen LogP contribution in [-0.2, 0) is 4.79 Å². The van der Waals surface area contributed by atoms with Crippen molar-refractivity contribution < 1.29 is 14.0 Å². The van der Waals surface area contributed by atoms with E-state index in [1.807, 2.05) is 80.6 Å². The largest absolute Gasteiger partial charge is 0.465 e. The first kappa shape index (κ1) is 22.8. The van der Waals surface area contributed by atoms with E-state index in [0.717, 1.165) is 22.3 Å².